The first-order valence-corrected chi connectivity index (χ1v) is 6.84. The molecule has 0 spiro atoms. The highest BCUT2D eigenvalue weighted by molar-refractivity contribution is 5.39. The highest BCUT2D eigenvalue weighted by atomic mass is 16.5. The first-order valence-electron chi connectivity index (χ1n) is 6.84. The van der Waals surface area contributed by atoms with Crippen molar-refractivity contribution in [2.24, 2.45) is 23.3 Å². The van der Waals surface area contributed by atoms with E-state index in [1.807, 2.05) is 0 Å². The fourth-order valence-corrected chi connectivity index (χ4v) is 2.67. The van der Waals surface area contributed by atoms with Gasteiger partial charge in [0, 0.05) is 6.04 Å². The van der Waals surface area contributed by atoms with Crippen LogP contribution in [0, 0.1) is 11.8 Å². The van der Waals surface area contributed by atoms with Gasteiger partial charge in [0.2, 0.25) is 0 Å². The summed E-state index contributed by atoms with van der Waals surface area (Å²) in [5.41, 5.74) is 14.7. The van der Waals surface area contributed by atoms with Crippen molar-refractivity contribution in [3.05, 3.63) is 29.3 Å². The maximum absolute atomic E-state index is 6.36. The third-order valence-corrected chi connectivity index (χ3v) is 3.91. The maximum atomic E-state index is 6.36. The first kappa shape index (κ1) is 13.4. The van der Waals surface area contributed by atoms with Gasteiger partial charge < -0.3 is 16.2 Å². The van der Waals surface area contributed by atoms with Crippen LogP contribution >= 0.6 is 0 Å². The lowest BCUT2D eigenvalue weighted by atomic mass is 9.84. The molecule has 0 amide bonds. The zero-order valence-electron chi connectivity index (χ0n) is 11.4. The number of aryl methyl sites for hydroxylation is 1. The lowest BCUT2D eigenvalue weighted by Crippen LogP contribution is -2.31. The molecule has 3 heteroatoms. The average Bonchev–Trinajstić information content (AvgIpc) is 2.38. The minimum atomic E-state index is 0.0160. The van der Waals surface area contributed by atoms with Crippen molar-refractivity contribution in [2.45, 2.75) is 32.7 Å². The van der Waals surface area contributed by atoms with Gasteiger partial charge in [0.1, 0.15) is 5.75 Å². The Balaban J connectivity index is 2.22. The minimum absolute atomic E-state index is 0.0160. The minimum Gasteiger partial charge on any atom is -0.493 e. The van der Waals surface area contributed by atoms with Gasteiger partial charge in [-0.05, 0) is 48.4 Å². The highest BCUT2D eigenvalue weighted by Gasteiger charge is 2.22. The topological polar surface area (TPSA) is 61.3 Å². The van der Waals surface area contributed by atoms with Crippen LogP contribution in [-0.2, 0) is 6.42 Å². The van der Waals surface area contributed by atoms with Crippen LogP contribution in [-0.4, -0.2) is 13.2 Å². The molecule has 1 aromatic rings. The van der Waals surface area contributed by atoms with E-state index in [1.165, 1.54) is 11.1 Å². The quantitative estimate of drug-likeness (QED) is 0.859. The Labute approximate surface area is 110 Å². The van der Waals surface area contributed by atoms with Crippen LogP contribution in [0.25, 0.3) is 0 Å². The van der Waals surface area contributed by atoms with Crippen LogP contribution < -0.4 is 16.2 Å². The molecule has 0 radical (unpaired) electrons. The number of hydrogen-bond donors (Lipinski definition) is 2. The van der Waals surface area contributed by atoms with Gasteiger partial charge >= 0.3 is 0 Å². The molecule has 0 aliphatic carbocycles. The maximum Gasteiger partial charge on any atom is 0.122 e. The molecule has 3 nitrogen and oxygen atoms in total. The van der Waals surface area contributed by atoms with E-state index < -0.39 is 0 Å². The second-order valence-electron chi connectivity index (χ2n) is 5.49. The van der Waals surface area contributed by atoms with Crippen molar-refractivity contribution in [1.82, 2.24) is 0 Å². The fourth-order valence-electron chi connectivity index (χ4n) is 2.67. The van der Waals surface area contributed by atoms with E-state index in [0.717, 1.165) is 25.2 Å². The number of benzene rings is 1. The van der Waals surface area contributed by atoms with E-state index in [2.05, 4.69) is 32.0 Å². The molecule has 100 valence electrons. The molecule has 18 heavy (non-hydrogen) atoms. The Morgan fingerprint density at radius 3 is 2.78 bits per heavy atom. The smallest absolute Gasteiger partial charge is 0.122 e. The second-order valence-corrected chi connectivity index (χ2v) is 5.49. The summed E-state index contributed by atoms with van der Waals surface area (Å²) < 4.78 is 5.63. The Bertz CT molecular complexity index is 403. The van der Waals surface area contributed by atoms with E-state index in [9.17, 15) is 0 Å². The number of hydrogen-bond acceptors (Lipinski definition) is 3. The molecule has 1 aliphatic heterocycles. The summed E-state index contributed by atoms with van der Waals surface area (Å²) in [6, 6.07) is 6.35. The molecule has 0 saturated heterocycles. The average molecular weight is 248 g/mol. The third kappa shape index (κ3) is 2.68. The Morgan fingerprint density at radius 1 is 1.33 bits per heavy atom. The molecule has 1 aliphatic rings. The van der Waals surface area contributed by atoms with Gasteiger partial charge in [-0.15, -0.1) is 0 Å². The van der Waals surface area contributed by atoms with E-state index in [0.29, 0.717) is 18.4 Å². The molecule has 0 fully saturated rings. The molecule has 0 aromatic heterocycles. The van der Waals surface area contributed by atoms with Crippen molar-refractivity contribution >= 4 is 0 Å². The van der Waals surface area contributed by atoms with Crippen LogP contribution in [0.4, 0.5) is 0 Å². The summed E-state index contributed by atoms with van der Waals surface area (Å²) in [4.78, 5) is 0. The van der Waals surface area contributed by atoms with Gasteiger partial charge in [0.25, 0.3) is 0 Å². The monoisotopic (exact) mass is 248 g/mol. The zero-order chi connectivity index (χ0) is 13.1. The number of fused-ring (bicyclic) bond motifs is 1. The van der Waals surface area contributed by atoms with E-state index in [1.54, 1.807) is 0 Å². The van der Waals surface area contributed by atoms with Gasteiger partial charge in [0.15, 0.2) is 0 Å². The van der Waals surface area contributed by atoms with Crippen LogP contribution in [0.5, 0.6) is 5.75 Å². The summed E-state index contributed by atoms with van der Waals surface area (Å²) in [6.45, 7) is 5.82. The summed E-state index contributed by atoms with van der Waals surface area (Å²) >= 11 is 0. The molecule has 4 N–H and O–H groups in total. The lowest BCUT2D eigenvalue weighted by Gasteiger charge is -2.27. The van der Waals surface area contributed by atoms with Gasteiger partial charge in [-0.3, -0.25) is 0 Å². The molecule has 1 heterocycles. The number of nitrogens with two attached hydrogens (primary N) is 2. The fraction of sp³-hybridized carbons (Fsp3) is 0.600. The van der Waals surface area contributed by atoms with Crippen molar-refractivity contribution in [1.29, 1.82) is 0 Å². The largest absolute Gasteiger partial charge is 0.493 e. The van der Waals surface area contributed by atoms with Gasteiger partial charge in [-0.25, -0.2) is 0 Å². The van der Waals surface area contributed by atoms with Gasteiger partial charge in [-0.2, -0.15) is 0 Å². The van der Waals surface area contributed by atoms with E-state index in [4.69, 9.17) is 16.2 Å². The van der Waals surface area contributed by atoms with Crippen molar-refractivity contribution in [3.8, 4) is 5.75 Å². The van der Waals surface area contributed by atoms with Gasteiger partial charge in [-0.1, -0.05) is 26.0 Å². The molecule has 0 bridgehead atoms. The van der Waals surface area contributed by atoms with E-state index >= 15 is 0 Å². The van der Waals surface area contributed by atoms with Crippen LogP contribution in [0.1, 0.15) is 37.4 Å². The first-order chi connectivity index (χ1) is 8.63. The van der Waals surface area contributed by atoms with Gasteiger partial charge in [0.05, 0.1) is 6.61 Å². The highest BCUT2D eigenvalue weighted by Crippen LogP contribution is 2.31. The molecule has 1 aromatic carbocycles. The Hall–Kier alpha value is -1.06. The SMILES string of the molecule is CC(C)C(CN)C(N)c1ccc2c(c1)CCCO2. The molecule has 2 rings (SSSR count). The summed E-state index contributed by atoms with van der Waals surface area (Å²) in [5.74, 6) is 1.84. The standard InChI is InChI=1S/C15H24N2O/c1-10(2)13(9-16)15(17)12-5-6-14-11(8-12)4-3-7-18-14/h5-6,8,10,13,15H,3-4,7,9,16-17H2,1-2H3. The predicted octanol–water partition coefficient (Wildman–Crippen LogP) is 2.24. The Morgan fingerprint density at radius 2 is 2.11 bits per heavy atom. The zero-order valence-corrected chi connectivity index (χ0v) is 11.4. The van der Waals surface area contributed by atoms with Crippen LogP contribution in [0.15, 0.2) is 18.2 Å². The lowest BCUT2D eigenvalue weighted by molar-refractivity contribution is 0.287. The molecule has 2 atom stereocenters. The van der Waals surface area contributed by atoms with Crippen LogP contribution in [0.2, 0.25) is 0 Å². The summed E-state index contributed by atoms with van der Waals surface area (Å²) in [7, 11) is 0. The summed E-state index contributed by atoms with van der Waals surface area (Å²) in [6.07, 6.45) is 2.18. The number of ether oxygens (including phenoxy) is 1. The van der Waals surface area contributed by atoms with Crippen LogP contribution in [0.3, 0.4) is 0 Å². The normalized spacial score (nSPS) is 18.1. The third-order valence-electron chi connectivity index (χ3n) is 3.91. The van der Waals surface area contributed by atoms with Crippen molar-refractivity contribution in [2.75, 3.05) is 13.2 Å². The molecule has 2 unspecified atom stereocenters. The predicted molar refractivity (Wildman–Crippen MR) is 74.6 cm³/mol. The summed E-state index contributed by atoms with van der Waals surface area (Å²) in [5, 5.41) is 0. The number of rotatable bonds is 4. The van der Waals surface area contributed by atoms with Crippen molar-refractivity contribution < 1.29 is 4.74 Å². The molecule has 0 saturated carbocycles. The second kappa shape index (κ2) is 5.72. The molecular weight excluding hydrogens is 224 g/mol. The van der Waals surface area contributed by atoms with E-state index in [-0.39, 0.29) is 6.04 Å². The molecular formula is C15H24N2O. The van der Waals surface area contributed by atoms with Crippen molar-refractivity contribution in [3.63, 3.8) is 0 Å². The Kier molecular flexibility index (Phi) is 4.25.